The number of anilines is 1. The molecule has 3 rings (SSSR count). The monoisotopic (exact) mass is 507 g/mol. The van der Waals surface area contributed by atoms with Crippen LogP contribution in [0.3, 0.4) is 0 Å². The number of benzene rings is 1. The summed E-state index contributed by atoms with van der Waals surface area (Å²) in [5.41, 5.74) is 1.37. The maximum Gasteiger partial charge on any atom is 0.341 e. The Hall–Kier alpha value is -2.89. The van der Waals surface area contributed by atoms with E-state index in [1.165, 1.54) is 23.8 Å². The first-order chi connectivity index (χ1) is 15.6. The number of nitrogens with one attached hydrogen (secondary N) is 1. The lowest BCUT2D eigenvalue weighted by Gasteiger charge is -2.08. The van der Waals surface area contributed by atoms with Crippen molar-refractivity contribution < 1.29 is 19.1 Å². The molecule has 0 saturated heterocycles. The molecule has 12 heteroatoms. The van der Waals surface area contributed by atoms with Gasteiger partial charge in [-0.2, -0.15) is 0 Å². The first-order valence-electron chi connectivity index (χ1n) is 9.66. The lowest BCUT2D eigenvalue weighted by Crippen LogP contribution is -2.21. The third-order valence-corrected chi connectivity index (χ3v) is 7.22. The number of rotatable bonds is 7. The van der Waals surface area contributed by atoms with Crippen molar-refractivity contribution in [1.29, 1.82) is 0 Å². The van der Waals surface area contributed by atoms with Gasteiger partial charge in [-0.3, -0.25) is 9.59 Å². The molecule has 33 heavy (non-hydrogen) atoms. The number of hydrogen-bond acceptors (Lipinski definition) is 8. The maximum atomic E-state index is 12.7. The van der Waals surface area contributed by atoms with E-state index in [-0.39, 0.29) is 28.1 Å². The molecule has 174 valence electrons. The van der Waals surface area contributed by atoms with Crippen molar-refractivity contribution in [1.82, 2.24) is 19.7 Å². The minimum Gasteiger partial charge on any atom is -0.465 e. The van der Waals surface area contributed by atoms with Crippen LogP contribution in [0.2, 0.25) is 5.02 Å². The highest BCUT2D eigenvalue weighted by Crippen LogP contribution is 2.35. The zero-order valence-electron chi connectivity index (χ0n) is 18.6. The van der Waals surface area contributed by atoms with Gasteiger partial charge in [0.2, 0.25) is 5.91 Å². The van der Waals surface area contributed by atoms with Gasteiger partial charge in [-0.15, -0.1) is 21.5 Å². The summed E-state index contributed by atoms with van der Waals surface area (Å²) >= 11 is 8.48. The molecule has 0 bridgehead atoms. The number of amides is 2. The molecule has 2 amide bonds. The van der Waals surface area contributed by atoms with Crippen molar-refractivity contribution in [3.05, 3.63) is 45.3 Å². The van der Waals surface area contributed by atoms with Crippen LogP contribution in [0.15, 0.2) is 29.4 Å². The van der Waals surface area contributed by atoms with Crippen molar-refractivity contribution in [2.45, 2.75) is 12.1 Å². The summed E-state index contributed by atoms with van der Waals surface area (Å²) in [6, 6.07) is 7.29. The van der Waals surface area contributed by atoms with Crippen LogP contribution in [-0.2, 0) is 16.6 Å². The lowest BCUT2D eigenvalue weighted by molar-refractivity contribution is -0.113. The smallest absolute Gasteiger partial charge is 0.341 e. The van der Waals surface area contributed by atoms with E-state index < -0.39 is 5.97 Å². The molecule has 0 radical (unpaired) electrons. The van der Waals surface area contributed by atoms with Gasteiger partial charge in [0, 0.05) is 26.7 Å². The zero-order valence-corrected chi connectivity index (χ0v) is 21.0. The molecule has 9 nitrogen and oxygen atoms in total. The molecule has 0 atom stereocenters. The quantitative estimate of drug-likeness (QED) is 0.383. The number of halogens is 1. The number of ether oxygens (including phenoxy) is 1. The van der Waals surface area contributed by atoms with Gasteiger partial charge in [-0.1, -0.05) is 35.5 Å². The van der Waals surface area contributed by atoms with E-state index in [4.69, 9.17) is 16.3 Å². The largest absolute Gasteiger partial charge is 0.465 e. The van der Waals surface area contributed by atoms with Crippen LogP contribution in [-0.4, -0.2) is 64.4 Å². The molecule has 0 spiro atoms. The molecule has 3 aromatic rings. The van der Waals surface area contributed by atoms with Gasteiger partial charge in [-0.05, 0) is 24.6 Å². The average Bonchev–Trinajstić information content (AvgIpc) is 3.30. The Kier molecular flexibility index (Phi) is 7.77. The van der Waals surface area contributed by atoms with Crippen LogP contribution in [0, 0.1) is 6.92 Å². The molecular weight excluding hydrogens is 486 g/mol. The molecule has 0 aliphatic heterocycles. The lowest BCUT2D eigenvalue weighted by atomic mass is 10.1. The van der Waals surface area contributed by atoms with E-state index >= 15 is 0 Å². The average molecular weight is 508 g/mol. The predicted molar refractivity (Wildman–Crippen MR) is 129 cm³/mol. The Balaban J connectivity index is 1.77. The Morgan fingerprint density at radius 1 is 1.24 bits per heavy atom. The first kappa shape index (κ1) is 24.7. The van der Waals surface area contributed by atoms with Crippen molar-refractivity contribution >= 4 is 57.5 Å². The van der Waals surface area contributed by atoms with Gasteiger partial charge in [0.15, 0.2) is 11.0 Å². The fourth-order valence-electron chi connectivity index (χ4n) is 2.97. The number of hydrogen-bond donors (Lipinski definition) is 1. The molecular formula is C21H22ClN5O4S2. The molecule has 1 aromatic carbocycles. The third-order valence-electron chi connectivity index (χ3n) is 4.67. The van der Waals surface area contributed by atoms with E-state index in [1.54, 1.807) is 38.7 Å². The minimum atomic E-state index is -0.623. The van der Waals surface area contributed by atoms with E-state index in [2.05, 4.69) is 15.5 Å². The molecule has 0 aliphatic rings. The fourth-order valence-corrected chi connectivity index (χ4v) is 5.13. The van der Waals surface area contributed by atoms with Crippen molar-refractivity contribution in [3.8, 4) is 11.4 Å². The minimum absolute atomic E-state index is 0.0169. The highest BCUT2D eigenvalue weighted by molar-refractivity contribution is 7.99. The second-order valence-electron chi connectivity index (χ2n) is 7.13. The highest BCUT2D eigenvalue weighted by atomic mass is 35.5. The Labute approximate surface area is 204 Å². The normalized spacial score (nSPS) is 10.7. The Morgan fingerprint density at radius 3 is 2.58 bits per heavy atom. The Morgan fingerprint density at radius 2 is 1.94 bits per heavy atom. The van der Waals surface area contributed by atoms with Crippen LogP contribution in [0.1, 0.15) is 25.6 Å². The standard InChI is InChI=1S/C21H22ClN5O4S2/c1-11-15(20(30)31-5)18(33-16(11)19(29)26(2)3)23-14(28)10-32-21-25-24-17(27(21)4)12-8-6-7-9-13(12)22/h6-9H,10H2,1-5H3,(H,23,28). The summed E-state index contributed by atoms with van der Waals surface area (Å²) in [4.78, 5) is 39.2. The molecule has 0 aliphatic carbocycles. The number of thioether (sulfide) groups is 1. The second-order valence-corrected chi connectivity index (χ2v) is 9.50. The molecule has 0 unspecified atom stereocenters. The summed E-state index contributed by atoms with van der Waals surface area (Å²) in [5, 5.41) is 12.4. The number of methoxy groups -OCH3 is 1. The van der Waals surface area contributed by atoms with Crippen molar-refractivity contribution in [2.24, 2.45) is 7.05 Å². The molecule has 2 heterocycles. The zero-order chi connectivity index (χ0) is 24.3. The molecule has 2 aromatic heterocycles. The summed E-state index contributed by atoms with van der Waals surface area (Å²) < 4.78 is 6.60. The summed E-state index contributed by atoms with van der Waals surface area (Å²) in [6.07, 6.45) is 0. The van der Waals surface area contributed by atoms with Crippen LogP contribution in [0.25, 0.3) is 11.4 Å². The summed E-state index contributed by atoms with van der Waals surface area (Å²) in [7, 11) is 6.27. The topological polar surface area (TPSA) is 106 Å². The number of thiophene rings is 1. The van der Waals surface area contributed by atoms with Gasteiger partial charge in [0.25, 0.3) is 5.91 Å². The van der Waals surface area contributed by atoms with Gasteiger partial charge in [0.1, 0.15) is 5.00 Å². The predicted octanol–water partition coefficient (Wildman–Crippen LogP) is 3.72. The van der Waals surface area contributed by atoms with Crippen LogP contribution < -0.4 is 5.32 Å². The second kappa shape index (κ2) is 10.4. The Bertz CT molecular complexity index is 1220. The van der Waals surface area contributed by atoms with Gasteiger partial charge in [0.05, 0.1) is 28.3 Å². The van der Waals surface area contributed by atoms with Gasteiger partial charge >= 0.3 is 5.97 Å². The summed E-state index contributed by atoms with van der Waals surface area (Å²) in [6.45, 7) is 1.65. The fraction of sp³-hybridized carbons (Fsp3) is 0.286. The third kappa shape index (κ3) is 5.21. The number of carbonyl (C=O) groups is 3. The number of esters is 1. The van der Waals surface area contributed by atoms with Crippen molar-refractivity contribution in [2.75, 3.05) is 32.3 Å². The van der Waals surface area contributed by atoms with E-state index in [0.717, 1.165) is 16.9 Å². The maximum absolute atomic E-state index is 12.7. The molecule has 0 fully saturated rings. The number of carbonyl (C=O) groups excluding carboxylic acids is 3. The highest BCUT2D eigenvalue weighted by Gasteiger charge is 2.27. The van der Waals surface area contributed by atoms with E-state index in [1.807, 2.05) is 18.2 Å². The van der Waals surface area contributed by atoms with E-state index in [9.17, 15) is 14.4 Å². The van der Waals surface area contributed by atoms with Crippen LogP contribution >= 0.6 is 34.7 Å². The molecule has 0 saturated carbocycles. The SMILES string of the molecule is COC(=O)c1c(NC(=O)CSc2nnc(-c3ccccc3Cl)n2C)sc(C(=O)N(C)C)c1C. The van der Waals surface area contributed by atoms with E-state index in [0.29, 0.717) is 26.4 Å². The van der Waals surface area contributed by atoms with Crippen LogP contribution in [0.5, 0.6) is 0 Å². The van der Waals surface area contributed by atoms with Crippen LogP contribution in [0.4, 0.5) is 5.00 Å². The number of nitrogens with zero attached hydrogens (tertiary/aromatic N) is 4. The van der Waals surface area contributed by atoms with Gasteiger partial charge in [-0.25, -0.2) is 4.79 Å². The summed E-state index contributed by atoms with van der Waals surface area (Å²) in [5.74, 6) is -0.649. The molecule has 1 N–H and O–H groups in total. The van der Waals surface area contributed by atoms with Gasteiger partial charge < -0.3 is 19.5 Å². The first-order valence-corrected chi connectivity index (χ1v) is 11.8. The number of aromatic nitrogens is 3. The van der Waals surface area contributed by atoms with Crippen molar-refractivity contribution in [3.63, 3.8) is 0 Å².